The van der Waals surface area contributed by atoms with Gasteiger partial charge in [0.1, 0.15) is 6.29 Å². The van der Waals surface area contributed by atoms with Crippen molar-refractivity contribution in [1.29, 1.82) is 0 Å². The summed E-state index contributed by atoms with van der Waals surface area (Å²) in [6.45, 7) is 4.23. The number of carbonyl (C=O) groups excluding carboxylic acids is 1. The summed E-state index contributed by atoms with van der Waals surface area (Å²) < 4.78 is 0. The Kier molecular flexibility index (Phi) is 9.27. The first-order valence-corrected chi connectivity index (χ1v) is 6.36. The van der Waals surface area contributed by atoms with Crippen molar-refractivity contribution in [2.75, 3.05) is 14.2 Å². The van der Waals surface area contributed by atoms with E-state index in [1.807, 2.05) is 31.3 Å². The summed E-state index contributed by atoms with van der Waals surface area (Å²) in [7, 11) is 2.81. The van der Waals surface area contributed by atoms with Gasteiger partial charge in [-0.25, -0.2) is 0 Å². The third-order valence-corrected chi connectivity index (χ3v) is 2.80. The Morgan fingerprint density at radius 1 is 1.32 bits per heavy atom. The molecule has 1 aromatic rings. The van der Waals surface area contributed by atoms with Crippen LogP contribution in [0.25, 0.3) is 0 Å². The van der Waals surface area contributed by atoms with Gasteiger partial charge < -0.3 is 5.11 Å². The van der Waals surface area contributed by atoms with E-state index in [4.69, 9.17) is 5.11 Å². The highest BCUT2D eigenvalue weighted by Crippen LogP contribution is 2.18. The minimum absolute atomic E-state index is 0.253. The zero-order valence-electron chi connectivity index (χ0n) is 12.1. The van der Waals surface area contributed by atoms with E-state index >= 15 is 0 Å². The molecule has 19 heavy (non-hydrogen) atoms. The van der Waals surface area contributed by atoms with Crippen LogP contribution in [0, 0.1) is 0 Å². The third kappa shape index (κ3) is 5.62. The Bertz CT molecular complexity index is 419. The summed E-state index contributed by atoms with van der Waals surface area (Å²) in [6.07, 6.45) is 6.05. The second kappa shape index (κ2) is 10.2. The van der Waals surface area contributed by atoms with Crippen molar-refractivity contribution in [3.05, 3.63) is 47.5 Å². The summed E-state index contributed by atoms with van der Waals surface area (Å²) in [6, 6.07) is 7.66. The number of allylic oxidation sites excluding steroid dienone is 2. The van der Waals surface area contributed by atoms with Crippen molar-refractivity contribution in [1.82, 2.24) is 0 Å². The number of hydrogen-bond acceptors (Lipinski definition) is 3. The molecule has 0 heterocycles. The molecule has 0 aliphatic rings. The maximum absolute atomic E-state index is 10.6. The van der Waals surface area contributed by atoms with Crippen LogP contribution in [0.15, 0.2) is 41.4 Å². The van der Waals surface area contributed by atoms with E-state index in [9.17, 15) is 4.79 Å². The number of aliphatic hydroxyl groups excluding tert-OH is 1. The van der Waals surface area contributed by atoms with E-state index in [0.717, 1.165) is 25.5 Å². The monoisotopic (exact) mass is 261 g/mol. The summed E-state index contributed by atoms with van der Waals surface area (Å²) in [5, 5.41) is 7.00. The second-order valence-corrected chi connectivity index (χ2v) is 3.97. The lowest BCUT2D eigenvalue weighted by molar-refractivity contribution is 0.112. The Morgan fingerprint density at radius 2 is 1.89 bits per heavy atom. The number of carbonyl (C=O) groups is 1. The van der Waals surface area contributed by atoms with Gasteiger partial charge in [0, 0.05) is 31.4 Å². The second-order valence-electron chi connectivity index (χ2n) is 3.97. The molecule has 0 radical (unpaired) electrons. The van der Waals surface area contributed by atoms with Crippen LogP contribution >= 0.6 is 0 Å². The molecule has 1 unspecified atom stereocenters. The zero-order valence-corrected chi connectivity index (χ0v) is 12.1. The lowest BCUT2D eigenvalue weighted by atomic mass is 9.94. The fraction of sp³-hybridized carbons (Fsp3) is 0.375. The maximum Gasteiger partial charge on any atom is 0.150 e. The van der Waals surface area contributed by atoms with Crippen molar-refractivity contribution < 1.29 is 9.90 Å². The molecule has 0 aliphatic heterocycles. The molecular formula is C16H23NO2. The van der Waals surface area contributed by atoms with Gasteiger partial charge >= 0.3 is 0 Å². The van der Waals surface area contributed by atoms with Crippen molar-refractivity contribution in [2.24, 2.45) is 4.99 Å². The fourth-order valence-electron chi connectivity index (χ4n) is 1.69. The van der Waals surface area contributed by atoms with Gasteiger partial charge in [-0.2, -0.15) is 0 Å². The predicted molar refractivity (Wildman–Crippen MR) is 81.2 cm³/mol. The van der Waals surface area contributed by atoms with Crippen LogP contribution in [0.4, 0.5) is 0 Å². The molecule has 1 rings (SSSR count). The Morgan fingerprint density at radius 3 is 2.32 bits per heavy atom. The lowest BCUT2D eigenvalue weighted by Gasteiger charge is -2.12. The molecule has 104 valence electrons. The predicted octanol–water partition coefficient (Wildman–Crippen LogP) is 3.25. The van der Waals surface area contributed by atoms with Crippen LogP contribution in [0.2, 0.25) is 0 Å². The van der Waals surface area contributed by atoms with Gasteiger partial charge in [0.05, 0.1) is 0 Å². The highest BCUT2D eigenvalue weighted by molar-refractivity contribution is 5.99. The Labute approximate surface area is 115 Å². The number of aliphatic imine (C=N–C) groups is 1. The molecule has 0 spiro atoms. The lowest BCUT2D eigenvalue weighted by Crippen LogP contribution is -2.06. The van der Waals surface area contributed by atoms with E-state index in [1.165, 1.54) is 5.56 Å². The minimum Gasteiger partial charge on any atom is -0.400 e. The number of aliphatic hydroxyl groups is 1. The van der Waals surface area contributed by atoms with Crippen LogP contribution in [-0.4, -0.2) is 31.3 Å². The molecule has 0 aliphatic carbocycles. The number of aldehydes is 1. The highest BCUT2D eigenvalue weighted by atomic mass is 16.2. The molecule has 0 amide bonds. The first-order chi connectivity index (χ1) is 9.22. The van der Waals surface area contributed by atoms with E-state index < -0.39 is 0 Å². The molecule has 0 saturated carbocycles. The normalized spacial score (nSPS) is 12.8. The number of rotatable bonds is 5. The van der Waals surface area contributed by atoms with Crippen LogP contribution in [0.5, 0.6) is 0 Å². The minimum atomic E-state index is 0.253. The van der Waals surface area contributed by atoms with Crippen LogP contribution in [0.3, 0.4) is 0 Å². The van der Waals surface area contributed by atoms with Crippen molar-refractivity contribution in [3.8, 4) is 0 Å². The van der Waals surface area contributed by atoms with Gasteiger partial charge in [0.2, 0.25) is 0 Å². The molecule has 1 atom stereocenters. The average Bonchev–Trinajstić information content (AvgIpc) is 2.50. The number of nitrogens with zero attached hydrogens (tertiary/aromatic N) is 1. The summed E-state index contributed by atoms with van der Waals surface area (Å²) in [5.41, 5.74) is 2.95. The topological polar surface area (TPSA) is 49.7 Å². The fourth-order valence-corrected chi connectivity index (χ4v) is 1.69. The first kappa shape index (κ1) is 17.3. The standard InChI is InChI=1S/C15H19NO.CH4O/c1-4-5-6-15(16-3)12(2)14-9-7-13(11-17)8-10-14;1-2/h5-12H,4H2,1-3H3;2H,1H3/b6-5-,16-15?;. The SMILES string of the molecule is CC/C=C\C(=NC)C(C)c1ccc(C=O)cc1.CO. The smallest absolute Gasteiger partial charge is 0.150 e. The van der Waals surface area contributed by atoms with Gasteiger partial charge in [-0.05, 0) is 18.1 Å². The summed E-state index contributed by atoms with van der Waals surface area (Å²) >= 11 is 0. The van der Waals surface area contributed by atoms with Gasteiger partial charge in [0.25, 0.3) is 0 Å². The molecular weight excluding hydrogens is 238 g/mol. The Hall–Kier alpha value is -1.74. The third-order valence-electron chi connectivity index (χ3n) is 2.80. The quantitative estimate of drug-likeness (QED) is 0.653. The van der Waals surface area contributed by atoms with E-state index in [1.54, 1.807) is 0 Å². The van der Waals surface area contributed by atoms with Gasteiger partial charge in [0.15, 0.2) is 0 Å². The number of benzene rings is 1. The average molecular weight is 261 g/mol. The zero-order chi connectivity index (χ0) is 14.7. The summed E-state index contributed by atoms with van der Waals surface area (Å²) in [4.78, 5) is 14.9. The molecule has 0 fully saturated rings. The van der Waals surface area contributed by atoms with Crippen LogP contribution < -0.4 is 0 Å². The summed E-state index contributed by atoms with van der Waals surface area (Å²) in [5.74, 6) is 0.253. The molecule has 0 bridgehead atoms. The molecule has 1 aromatic carbocycles. The highest BCUT2D eigenvalue weighted by Gasteiger charge is 2.09. The van der Waals surface area contributed by atoms with Crippen molar-refractivity contribution in [2.45, 2.75) is 26.2 Å². The Balaban J connectivity index is 0.00000154. The molecule has 0 aromatic heterocycles. The molecule has 0 saturated heterocycles. The maximum atomic E-state index is 10.6. The van der Waals surface area contributed by atoms with Crippen LogP contribution in [0.1, 0.15) is 42.1 Å². The van der Waals surface area contributed by atoms with E-state index in [0.29, 0.717) is 5.56 Å². The van der Waals surface area contributed by atoms with Crippen LogP contribution in [-0.2, 0) is 0 Å². The number of hydrogen-bond donors (Lipinski definition) is 1. The van der Waals surface area contributed by atoms with Crippen molar-refractivity contribution in [3.63, 3.8) is 0 Å². The molecule has 3 nitrogen and oxygen atoms in total. The van der Waals surface area contributed by atoms with E-state index in [-0.39, 0.29) is 5.92 Å². The van der Waals surface area contributed by atoms with Gasteiger partial charge in [-0.3, -0.25) is 9.79 Å². The first-order valence-electron chi connectivity index (χ1n) is 6.36. The van der Waals surface area contributed by atoms with Crippen molar-refractivity contribution >= 4 is 12.0 Å². The largest absolute Gasteiger partial charge is 0.400 e. The molecule has 1 N–H and O–H groups in total. The van der Waals surface area contributed by atoms with Gasteiger partial charge in [-0.1, -0.05) is 44.2 Å². The van der Waals surface area contributed by atoms with Gasteiger partial charge in [-0.15, -0.1) is 0 Å². The molecule has 3 heteroatoms. The van der Waals surface area contributed by atoms with E-state index in [2.05, 4.69) is 31.0 Å².